The molecule has 0 spiro atoms. The molecule has 21 heavy (non-hydrogen) atoms. The van der Waals surface area contributed by atoms with Crippen LogP contribution in [-0.4, -0.2) is 45.9 Å². The molecule has 6 nitrogen and oxygen atoms in total. The van der Waals surface area contributed by atoms with Gasteiger partial charge in [-0.25, -0.2) is 4.79 Å². The van der Waals surface area contributed by atoms with Gasteiger partial charge in [0.05, 0.1) is 0 Å². The molecule has 8 heteroatoms. The Morgan fingerprint density at radius 1 is 1.52 bits per heavy atom. The van der Waals surface area contributed by atoms with E-state index in [9.17, 15) is 9.90 Å². The van der Waals surface area contributed by atoms with E-state index in [2.05, 4.69) is 15.5 Å². The van der Waals surface area contributed by atoms with E-state index in [0.29, 0.717) is 11.7 Å². The van der Waals surface area contributed by atoms with Crippen molar-refractivity contribution in [1.82, 2.24) is 15.1 Å². The molecule has 112 valence electrons. The molecular formula is C13H16N4O2S2. The van der Waals surface area contributed by atoms with Gasteiger partial charge < -0.3 is 10.0 Å². The summed E-state index contributed by atoms with van der Waals surface area (Å²) in [5, 5.41) is 25.4. The van der Waals surface area contributed by atoms with Gasteiger partial charge in [-0.15, -0.1) is 10.2 Å². The fraction of sp³-hybridized carbons (Fsp3) is 0.462. The number of urea groups is 1. The number of nitrogens with zero attached hydrogens (tertiary/aromatic N) is 3. The molecule has 2 amide bonds. The molecule has 0 aliphatic carbocycles. The third kappa shape index (κ3) is 3.39. The molecule has 1 aliphatic rings. The molecule has 1 saturated heterocycles. The highest BCUT2D eigenvalue weighted by atomic mass is 32.1. The number of aliphatic hydroxyl groups excluding tert-OH is 1. The minimum Gasteiger partial charge on any atom is -0.396 e. The lowest BCUT2D eigenvalue weighted by Gasteiger charge is -2.31. The number of piperidine rings is 1. The summed E-state index contributed by atoms with van der Waals surface area (Å²) >= 11 is 2.97. The molecule has 0 saturated carbocycles. The van der Waals surface area contributed by atoms with Crippen molar-refractivity contribution >= 4 is 33.8 Å². The van der Waals surface area contributed by atoms with E-state index >= 15 is 0 Å². The van der Waals surface area contributed by atoms with Crippen molar-refractivity contribution < 1.29 is 9.90 Å². The number of anilines is 1. The highest BCUT2D eigenvalue weighted by Crippen LogP contribution is 2.28. The van der Waals surface area contributed by atoms with Crippen molar-refractivity contribution in [3.8, 4) is 10.6 Å². The number of hydrogen-bond donors (Lipinski definition) is 2. The van der Waals surface area contributed by atoms with Crippen LogP contribution in [0.2, 0.25) is 0 Å². The highest BCUT2D eigenvalue weighted by molar-refractivity contribution is 7.19. The summed E-state index contributed by atoms with van der Waals surface area (Å²) in [7, 11) is 0. The summed E-state index contributed by atoms with van der Waals surface area (Å²) in [6.45, 7) is 1.45. The highest BCUT2D eigenvalue weighted by Gasteiger charge is 2.23. The normalized spacial score (nSPS) is 18.7. The Morgan fingerprint density at radius 2 is 2.43 bits per heavy atom. The van der Waals surface area contributed by atoms with Gasteiger partial charge in [0.1, 0.15) is 5.01 Å². The summed E-state index contributed by atoms with van der Waals surface area (Å²) in [5.41, 5.74) is 1.02. The van der Waals surface area contributed by atoms with Crippen LogP contribution < -0.4 is 5.32 Å². The van der Waals surface area contributed by atoms with Crippen molar-refractivity contribution in [1.29, 1.82) is 0 Å². The second-order valence-corrected chi connectivity index (χ2v) is 6.75. The van der Waals surface area contributed by atoms with Crippen molar-refractivity contribution in [3.05, 3.63) is 16.8 Å². The maximum absolute atomic E-state index is 12.2. The smallest absolute Gasteiger partial charge is 0.323 e. The topological polar surface area (TPSA) is 78.4 Å². The fourth-order valence-electron chi connectivity index (χ4n) is 2.35. The van der Waals surface area contributed by atoms with Crippen molar-refractivity contribution in [3.63, 3.8) is 0 Å². The van der Waals surface area contributed by atoms with E-state index in [4.69, 9.17) is 0 Å². The number of aromatic nitrogens is 2. The minimum absolute atomic E-state index is 0.130. The molecule has 2 aromatic rings. The van der Waals surface area contributed by atoms with Crippen molar-refractivity contribution in [2.24, 2.45) is 5.92 Å². The standard InChI is InChI=1S/C13H16N4O2S2/c18-7-9-2-1-4-17(6-9)13(19)14-12-16-15-11(21-12)10-3-5-20-8-10/h3,5,8-9,18H,1-2,4,6-7H2,(H,14,16,19). The van der Waals surface area contributed by atoms with E-state index < -0.39 is 0 Å². The predicted molar refractivity (Wildman–Crippen MR) is 83.6 cm³/mol. The van der Waals surface area contributed by atoms with Crippen LogP contribution in [0.15, 0.2) is 16.8 Å². The van der Waals surface area contributed by atoms with Gasteiger partial charge in [0, 0.05) is 30.6 Å². The van der Waals surface area contributed by atoms with Crippen LogP contribution in [0, 0.1) is 5.92 Å². The van der Waals surface area contributed by atoms with Crippen LogP contribution in [0.25, 0.3) is 10.6 Å². The Labute approximate surface area is 130 Å². The molecule has 3 heterocycles. The van der Waals surface area contributed by atoms with Crippen LogP contribution >= 0.6 is 22.7 Å². The molecule has 2 N–H and O–H groups in total. The van der Waals surface area contributed by atoms with Gasteiger partial charge in [-0.2, -0.15) is 11.3 Å². The number of carbonyl (C=O) groups is 1. The van der Waals surface area contributed by atoms with Crippen LogP contribution in [0.1, 0.15) is 12.8 Å². The Morgan fingerprint density at radius 3 is 3.19 bits per heavy atom. The number of likely N-dealkylation sites (tertiary alicyclic amines) is 1. The van der Waals surface area contributed by atoms with Gasteiger partial charge in [0.15, 0.2) is 0 Å². The van der Waals surface area contributed by atoms with Crippen LogP contribution in [0.4, 0.5) is 9.93 Å². The van der Waals surface area contributed by atoms with Gasteiger partial charge in [-0.1, -0.05) is 11.3 Å². The zero-order valence-corrected chi connectivity index (χ0v) is 13.0. The third-order valence-corrected chi connectivity index (χ3v) is 5.04. The zero-order valence-electron chi connectivity index (χ0n) is 11.4. The monoisotopic (exact) mass is 324 g/mol. The number of rotatable bonds is 3. The summed E-state index contributed by atoms with van der Waals surface area (Å²) < 4.78 is 0. The molecule has 1 aliphatic heterocycles. The molecule has 1 atom stereocenters. The maximum atomic E-state index is 12.2. The predicted octanol–water partition coefficient (Wildman–Crippen LogP) is 2.50. The average molecular weight is 324 g/mol. The zero-order chi connectivity index (χ0) is 14.7. The Kier molecular flexibility index (Phi) is 4.47. The first-order valence-corrected chi connectivity index (χ1v) is 8.55. The fourth-order valence-corrected chi connectivity index (χ4v) is 3.79. The molecule has 1 unspecified atom stereocenters. The summed E-state index contributed by atoms with van der Waals surface area (Å²) in [6, 6.07) is 1.81. The Bertz CT molecular complexity index is 599. The summed E-state index contributed by atoms with van der Waals surface area (Å²) in [5.74, 6) is 0.181. The van der Waals surface area contributed by atoms with Gasteiger partial charge >= 0.3 is 6.03 Å². The van der Waals surface area contributed by atoms with Gasteiger partial charge in [-0.3, -0.25) is 5.32 Å². The number of carbonyl (C=O) groups excluding carboxylic acids is 1. The lowest BCUT2D eigenvalue weighted by molar-refractivity contribution is 0.136. The summed E-state index contributed by atoms with van der Waals surface area (Å²) in [6.07, 6.45) is 1.90. The van der Waals surface area contributed by atoms with Crippen molar-refractivity contribution in [2.45, 2.75) is 12.8 Å². The number of amides is 2. The van der Waals surface area contributed by atoms with Crippen LogP contribution in [-0.2, 0) is 0 Å². The molecule has 3 rings (SSSR count). The third-order valence-electron chi connectivity index (χ3n) is 3.47. The Hall–Kier alpha value is -1.51. The SMILES string of the molecule is O=C(Nc1nnc(-c2ccsc2)s1)N1CCCC(CO)C1. The number of thiophene rings is 1. The second-order valence-electron chi connectivity index (χ2n) is 4.99. The first-order chi connectivity index (χ1) is 10.3. The molecule has 0 bridgehead atoms. The second kappa shape index (κ2) is 6.50. The van der Waals surface area contributed by atoms with Crippen LogP contribution in [0.3, 0.4) is 0 Å². The maximum Gasteiger partial charge on any atom is 0.323 e. The minimum atomic E-state index is -0.166. The van der Waals surface area contributed by atoms with Gasteiger partial charge in [0.2, 0.25) is 5.13 Å². The number of nitrogens with one attached hydrogen (secondary N) is 1. The van der Waals surface area contributed by atoms with Crippen molar-refractivity contribution in [2.75, 3.05) is 25.0 Å². The van der Waals surface area contributed by atoms with E-state index in [0.717, 1.165) is 30.0 Å². The van der Waals surface area contributed by atoms with E-state index in [-0.39, 0.29) is 18.6 Å². The molecule has 1 fully saturated rings. The summed E-state index contributed by atoms with van der Waals surface area (Å²) in [4.78, 5) is 13.9. The quantitative estimate of drug-likeness (QED) is 0.909. The first-order valence-electron chi connectivity index (χ1n) is 6.79. The lowest BCUT2D eigenvalue weighted by Crippen LogP contribution is -2.43. The molecular weight excluding hydrogens is 308 g/mol. The average Bonchev–Trinajstić information content (AvgIpc) is 3.18. The Balaban J connectivity index is 1.62. The first kappa shape index (κ1) is 14.4. The number of aliphatic hydroxyl groups is 1. The van der Waals surface area contributed by atoms with E-state index in [1.54, 1.807) is 16.2 Å². The largest absolute Gasteiger partial charge is 0.396 e. The van der Waals surface area contributed by atoms with E-state index in [1.807, 2.05) is 16.8 Å². The molecule has 2 aromatic heterocycles. The number of hydrogen-bond acceptors (Lipinski definition) is 6. The van der Waals surface area contributed by atoms with Crippen LogP contribution in [0.5, 0.6) is 0 Å². The molecule has 0 radical (unpaired) electrons. The van der Waals surface area contributed by atoms with E-state index in [1.165, 1.54) is 11.3 Å². The van der Waals surface area contributed by atoms with Gasteiger partial charge in [-0.05, 0) is 30.2 Å². The lowest BCUT2D eigenvalue weighted by atomic mass is 9.99. The van der Waals surface area contributed by atoms with Gasteiger partial charge in [0.25, 0.3) is 0 Å². The molecule has 0 aromatic carbocycles.